The molecule has 1 aliphatic heterocycles. The molecule has 0 spiro atoms. The van der Waals surface area contributed by atoms with Crippen molar-refractivity contribution in [3.05, 3.63) is 17.4 Å². The van der Waals surface area contributed by atoms with E-state index in [1.807, 2.05) is 0 Å². The number of unbranched alkanes of at least 4 members (excludes halogenated alkanes) is 11. The number of rotatable bonds is 19. The molecule has 2 rings (SSSR count). The van der Waals surface area contributed by atoms with E-state index < -0.39 is 5.97 Å². The van der Waals surface area contributed by atoms with E-state index in [1.165, 1.54) is 64.2 Å². The molecule has 0 aliphatic carbocycles. The van der Waals surface area contributed by atoms with Gasteiger partial charge in [-0.15, -0.1) is 0 Å². The van der Waals surface area contributed by atoms with Gasteiger partial charge in [0.1, 0.15) is 0 Å². The maximum atomic E-state index is 11.5. The molecule has 1 aromatic heterocycles. The molecule has 6 heteroatoms. The molecule has 32 heavy (non-hydrogen) atoms. The molecule has 0 amide bonds. The number of carbonyl (C=O) groups is 1. The molecule has 0 radical (unpaired) electrons. The minimum atomic E-state index is -1.02. The molecule has 0 saturated carbocycles. The van der Waals surface area contributed by atoms with Crippen LogP contribution in [0.1, 0.15) is 107 Å². The van der Waals surface area contributed by atoms with E-state index in [0.717, 1.165) is 57.7 Å². The van der Waals surface area contributed by atoms with Crippen molar-refractivity contribution in [1.29, 1.82) is 0 Å². The van der Waals surface area contributed by atoms with Crippen LogP contribution < -0.4 is 4.74 Å². The summed E-state index contributed by atoms with van der Waals surface area (Å²) in [6.45, 7) is 7.25. The van der Waals surface area contributed by atoms with Crippen molar-refractivity contribution >= 4 is 5.97 Å². The molecule has 1 N–H and O–H groups in total. The van der Waals surface area contributed by atoms with Gasteiger partial charge in [0.25, 0.3) is 5.95 Å². The van der Waals surface area contributed by atoms with Crippen LogP contribution >= 0.6 is 0 Å². The van der Waals surface area contributed by atoms with Crippen LogP contribution in [0.5, 0.6) is 5.95 Å². The quantitative estimate of drug-likeness (QED) is 0.248. The Hall–Kier alpha value is -1.53. The Kier molecular flexibility index (Phi) is 14.2. The van der Waals surface area contributed by atoms with Gasteiger partial charge in [0.15, 0.2) is 0 Å². The SMILES string of the molecule is CCCCCCCCCCCCCCOc1cc(CCCN2CCOCC2)c(C(=O)O)o1. The van der Waals surface area contributed by atoms with E-state index in [0.29, 0.717) is 19.0 Å². The van der Waals surface area contributed by atoms with Gasteiger partial charge in [-0.3, -0.25) is 4.90 Å². The van der Waals surface area contributed by atoms with Crippen molar-refractivity contribution in [2.45, 2.75) is 96.8 Å². The number of morpholine rings is 1. The zero-order chi connectivity index (χ0) is 22.9. The van der Waals surface area contributed by atoms with Crippen LogP contribution in [0.2, 0.25) is 0 Å². The first-order valence-electron chi connectivity index (χ1n) is 13.0. The summed E-state index contributed by atoms with van der Waals surface area (Å²) in [5, 5.41) is 9.43. The van der Waals surface area contributed by atoms with E-state index in [1.54, 1.807) is 6.07 Å². The minimum absolute atomic E-state index is 0.0247. The largest absolute Gasteiger partial charge is 0.475 e. The van der Waals surface area contributed by atoms with Crippen molar-refractivity contribution in [2.24, 2.45) is 0 Å². The molecule has 0 atom stereocenters. The third kappa shape index (κ3) is 11.4. The van der Waals surface area contributed by atoms with Crippen molar-refractivity contribution in [2.75, 3.05) is 39.5 Å². The maximum Gasteiger partial charge on any atom is 0.372 e. The molecule has 0 bridgehead atoms. The highest BCUT2D eigenvalue weighted by molar-refractivity contribution is 5.86. The second-order valence-corrected chi connectivity index (χ2v) is 9.02. The molecule has 0 unspecified atom stereocenters. The Bertz CT molecular complexity index is 609. The number of aryl methyl sites for hydroxylation is 1. The normalized spacial score (nSPS) is 14.7. The van der Waals surface area contributed by atoms with E-state index in [-0.39, 0.29) is 5.76 Å². The molecule has 1 fully saturated rings. The molecular weight excluding hydrogens is 406 g/mol. The summed E-state index contributed by atoms with van der Waals surface area (Å²) in [4.78, 5) is 13.9. The number of ether oxygens (including phenoxy) is 2. The molecule has 1 aliphatic rings. The van der Waals surface area contributed by atoms with Gasteiger partial charge in [-0.2, -0.15) is 0 Å². The van der Waals surface area contributed by atoms with Gasteiger partial charge in [-0.1, -0.05) is 77.6 Å². The highest BCUT2D eigenvalue weighted by atomic mass is 16.6. The predicted molar refractivity (Wildman–Crippen MR) is 128 cm³/mol. The lowest BCUT2D eigenvalue weighted by Gasteiger charge is -2.26. The molecule has 1 aromatic rings. The molecule has 2 heterocycles. The Morgan fingerprint density at radius 2 is 1.53 bits per heavy atom. The summed E-state index contributed by atoms with van der Waals surface area (Å²) in [6.07, 6.45) is 17.2. The summed E-state index contributed by atoms with van der Waals surface area (Å²) in [7, 11) is 0. The number of nitrogens with zero attached hydrogens (tertiary/aromatic N) is 1. The van der Waals surface area contributed by atoms with Gasteiger partial charge in [0, 0.05) is 24.7 Å². The second-order valence-electron chi connectivity index (χ2n) is 9.02. The summed E-state index contributed by atoms with van der Waals surface area (Å²) in [5.74, 6) is -0.657. The van der Waals surface area contributed by atoms with Crippen LogP contribution in [-0.4, -0.2) is 55.4 Å². The lowest BCUT2D eigenvalue weighted by atomic mass is 10.1. The van der Waals surface area contributed by atoms with Gasteiger partial charge < -0.3 is 19.0 Å². The summed E-state index contributed by atoms with van der Waals surface area (Å²) in [5.41, 5.74) is 0.732. The van der Waals surface area contributed by atoms with Crippen LogP contribution in [0.15, 0.2) is 10.5 Å². The summed E-state index contributed by atoms with van der Waals surface area (Å²) < 4.78 is 16.5. The number of hydrogen-bond acceptors (Lipinski definition) is 5. The summed E-state index contributed by atoms with van der Waals surface area (Å²) in [6, 6.07) is 1.77. The van der Waals surface area contributed by atoms with E-state index in [2.05, 4.69) is 11.8 Å². The fourth-order valence-corrected chi connectivity index (χ4v) is 4.27. The highest BCUT2D eigenvalue weighted by Gasteiger charge is 2.19. The number of carboxylic acids is 1. The smallest absolute Gasteiger partial charge is 0.372 e. The number of aromatic carboxylic acids is 1. The average Bonchev–Trinajstić information content (AvgIpc) is 3.21. The zero-order valence-corrected chi connectivity index (χ0v) is 20.2. The van der Waals surface area contributed by atoms with E-state index >= 15 is 0 Å². The van der Waals surface area contributed by atoms with Crippen molar-refractivity contribution in [1.82, 2.24) is 4.90 Å². The molecule has 0 aromatic carbocycles. The van der Waals surface area contributed by atoms with Crippen molar-refractivity contribution in [3.8, 4) is 5.95 Å². The molecule has 1 saturated heterocycles. The van der Waals surface area contributed by atoms with E-state index in [4.69, 9.17) is 13.9 Å². The minimum Gasteiger partial charge on any atom is -0.475 e. The van der Waals surface area contributed by atoms with Crippen LogP contribution in [0.3, 0.4) is 0 Å². The van der Waals surface area contributed by atoms with Gasteiger partial charge in [-0.25, -0.2) is 4.79 Å². The standard InChI is InChI=1S/C26H45NO5/c1-2-3-4-5-6-7-8-9-10-11-12-13-19-31-24-22-23(25(32-24)26(28)29)15-14-16-27-17-20-30-21-18-27/h22H,2-21H2,1H3,(H,28,29). The van der Waals surface area contributed by atoms with E-state index in [9.17, 15) is 9.90 Å². The monoisotopic (exact) mass is 451 g/mol. The van der Waals surface area contributed by atoms with Gasteiger partial charge in [-0.05, 0) is 25.8 Å². The number of furan rings is 1. The van der Waals surface area contributed by atoms with Crippen LogP contribution in [-0.2, 0) is 11.2 Å². The van der Waals surface area contributed by atoms with Crippen LogP contribution in [0, 0.1) is 0 Å². The Labute approximate surface area is 194 Å². The number of carboxylic acid groups (broad SMARTS) is 1. The summed E-state index contributed by atoms with van der Waals surface area (Å²) >= 11 is 0. The second kappa shape index (κ2) is 17.0. The van der Waals surface area contributed by atoms with Gasteiger partial charge in [0.2, 0.25) is 5.76 Å². The predicted octanol–water partition coefficient (Wildman–Crippen LogP) is 6.32. The Morgan fingerprint density at radius 1 is 0.938 bits per heavy atom. The Morgan fingerprint density at radius 3 is 2.12 bits per heavy atom. The third-order valence-electron chi connectivity index (χ3n) is 6.25. The lowest BCUT2D eigenvalue weighted by Crippen LogP contribution is -2.36. The van der Waals surface area contributed by atoms with Crippen molar-refractivity contribution in [3.63, 3.8) is 0 Å². The molecule has 6 nitrogen and oxygen atoms in total. The molecular formula is C26H45NO5. The fraction of sp³-hybridized carbons (Fsp3) is 0.808. The molecule has 184 valence electrons. The number of hydrogen-bond donors (Lipinski definition) is 1. The highest BCUT2D eigenvalue weighted by Crippen LogP contribution is 2.24. The topological polar surface area (TPSA) is 72.1 Å². The average molecular weight is 452 g/mol. The van der Waals surface area contributed by atoms with Crippen LogP contribution in [0.4, 0.5) is 0 Å². The van der Waals surface area contributed by atoms with Crippen LogP contribution in [0.25, 0.3) is 0 Å². The van der Waals surface area contributed by atoms with Crippen molar-refractivity contribution < 1.29 is 23.8 Å². The lowest BCUT2D eigenvalue weighted by molar-refractivity contribution is 0.0374. The maximum absolute atomic E-state index is 11.5. The third-order valence-corrected chi connectivity index (χ3v) is 6.25. The van der Waals surface area contributed by atoms with Gasteiger partial charge in [0.05, 0.1) is 19.8 Å². The fourth-order valence-electron chi connectivity index (χ4n) is 4.27. The zero-order valence-electron chi connectivity index (χ0n) is 20.2. The first kappa shape index (κ1) is 26.7. The first-order valence-corrected chi connectivity index (χ1v) is 13.0. The Balaban J connectivity index is 1.53. The first-order chi connectivity index (χ1) is 15.7. The van der Waals surface area contributed by atoms with Gasteiger partial charge >= 0.3 is 5.97 Å².